The summed E-state index contributed by atoms with van der Waals surface area (Å²) in [4.78, 5) is 18.8. The van der Waals surface area contributed by atoms with Crippen LogP contribution >= 0.6 is 0 Å². The smallest absolute Gasteiger partial charge is 0.322 e. The van der Waals surface area contributed by atoms with Gasteiger partial charge in [-0.1, -0.05) is 12.1 Å². The molecule has 24 heavy (non-hydrogen) atoms. The van der Waals surface area contributed by atoms with E-state index >= 15 is 0 Å². The largest absolute Gasteiger partial charge is 0.393 e. The number of aryl methyl sites for hydroxylation is 1. The zero-order valence-corrected chi connectivity index (χ0v) is 13.6. The minimum Gasteiger partial charge on any atom is -0.393 e. The summed E-state index contributed by atoms with van der Waals surface area (Å²) in [6, 6.07) is 12.0. The molecule has 1 aromatic carbocycles. The Labute approximate surface area is 141 Å². The fourth-order valence-corrected chi connectivity index (χ4v) is 3.86. The zero-order valence-electron chi connectivity index (χ0n) is 13.6. The van der Waals surface area contributed by atoms with Crippen LogP contribution in [0, 0.1) is 6.92 Å². The average molecular weight is 323 g/mol. The van der Waals surface area contributed by atoms with E-state index in [0.29, 0.717) is 12.8 Å². The molecule has 5 heteroatoms. The summed E-state index contributed by atoms with van der Waals surface area (Å²) < 4.78 is 0. The molecular formula is C19H21N3O2. The van der Waals surface area contributed by atoms with Crippen LogP contribution in [-0.2, 0) is 0 Å². The van der Waals surface area contributed by atoms with E-state index in [0.717, 1.165) is 28.9 Å². The zero-order chi connectivity index (χ0) is 16.7. The lowest BCUT2D eigenvalue weighted by molar-refractivity contribution is -0.0476. The molecule has 124 valence electrons. The van der Waals surface area contributed by atoms with E-state index < -0.39 is 0 Å². The van der Waals surface area contributed by atoms with Gasteiger partial charge in [-0.15, -0.1) is 0 Å². The summed E-state index contributed by atoms with van der Waals surface area (Å²) in [5.41, 5.74) is 3.81. The molecule has 0 radical (unpaired) electrons. The van der Waals surface area contributed by atoms with Crippen molar-refractivity contribution >= 4 is 11.7 Å². The van der Waals surface area contributed by atoms with Crippen molar-refractivity contribution in [3.63, 3.8) is 0 Å². The fraction of sp³-hybridized carbons (Fsp3) is 0.368. The number of rotatable bonds is 2. The molecule has 2 aliphatic rings. The van der Waals surface area contributed by atoms with Crippen LogP contribution in [-0.4, -0.2) is 39.2 Å². The Hall–Kier alpha value is -2.40. The van der Waals surface area contributed by atoms with Gasteiger partial charge in [0.05, 0.1) is 11.8 Å². The van der Waals surface area contributed by atoms with Crippen LogP contribution in [0.1, 0.15) is 24.8 Å². The van der Waals surface area contributed by atoms with Crippen molar-refractivity contribution in [3.8, 4) is 11.3 Å². The fourth-order valence-electron chi connectivity index (χ4n) is 3.86. The van der Waals surface area contributed by atoms with Gasteiger partial charge in [0.2, 0.25) is 0 Å². The van der Waals surface area contributed by atoms with Gasteiger partial charge in [-0.3, -0.25) is 4.98 Å². The number of hydrogen-bond acceptors (Lipinski definition) is 3. The monoisotopic (exact) mass is 323 g/mol. The number of amides is 2. The molecule has 3 heterocycles. The molecule has 1 aromatic heterocycles. The first-order valence-electron chi connectivity index (χ1n) is 8.41. The van der Waals surface area contributed by atoms with Gasteiger partial charge in [0.1, 0.15) is 0 Å². The molecule has 2 unspecified atom stereocenters. The van der Waals surface area contributed by atoms with Crippen molar-refractivity contribution in [1.29, 1.82) is 0 Å². The Balaban J connectivity index is 1.52. The highest BCUT2D eigenvalue weighted by Crippen LogP contribution is 2.38. The number of aliphatic hydroxyl groups is 1. The first kappa shape index (κ1) is 15.1. The van der Waals surface area contributed by atoms with Gasteiger partial charge >= 0.3 is 6.03 Å². The molecule has 0 spiro atoms. The van der Waals surface area contributed by atoms with Crippen LogP contribution in [0.4, 0.5) is 10.5 Å². The Bertz CT molecular complexity index is 750. The number of fused-ring (bicyclic) bond motifs is 2. The second kappa shape index (κ2) is 5.91. The minimum atomic E-state index is -0.257. The maximum atomic E-state index is 12.6. The number of benzene rings is 1. The molecule has 2 bridgehead atoms. The minimum absolute atomic E-state index is 0.0704. The second-order valence-corrected chi connectivity index (χ2v) is 6.75. The molecule has 4 rings (SSSR count). The summed E-state index contributed by atoms with van der Waals surface area (Å²) in [5.74, 6) is 0. The maximum Gasteiger partial charge on any atom is 0.322 e. The Morgan fingerprint density at radius 3 is 2.71 bits per heavy atom. The van der Waals surface area contributed by atoms with Crippen LogP contribution in [0.3, 0.4) is 0 Å². The predicted octanol–water partition coefficient (Wildman–Crippen LogP) is 3.19. The highest BCUT2D eigenvalue weighted by Gasteiger charge is 2.47. The lowest BCUT2D eigenvalue weighted by Gasteiger charge is -2.54. The van der Waals surface area contributed by atoms with E-state index in [1.54, 1.807) is 6.20 Å². The van der Waals surface area contributed by atoms with E-state index in [2.05, 4.69) is 10.3 Å². The number of hydrogen-bond donors (Lipinski definition) is 2. The second-order valence-electron chi connectivity index (χ2n) is 6.75. The van der Waals surface area contributed by atoms with Crippen LogP contribution in [0.2, 0.25) is 0 Å². The Morgan fingerprint density at radius 2 is 2.00 bits per heavy atom. The van der Waals surface area contributed by atoms with E-state index in [-0.39, 0.29) is 24.2 Å². The first-order valence-corrected chi connectivity index (χ1v) is 8.41. The van der Waals surface area contributed by atoms with Crippen LogP contribution in [0.5, 0.6) is 0 Å². The molecule has 2 aromatic rings. The lowest BCUT2D eigenvalue weighted by atomic mass is 9.78. The number of pyridine rings is 1. The number of nitrogens with one attached hydrogen (secondary N) is 1. The standard InChI is InChI=1S/C19H21N3O2/c1-12-5-6-13(8-17(12)18-4-2-3-7-20-18)21-19(24)22-14-9-15(22)11-16(23)10-14/h2-8,14-16,23H,9-11H2,1H3,(H,21,24). The van der Waals surface area contributed by atoms with Crippen molar-refractivity contribution in [2.45, 2.75) is 44.4 Å². The summed E-state index contributed by atoms with van der Waals surface area (Å²) in [6.07, 6.45) is 3.91. The number of urea groups is 1. The lowest BCUT2D eigenvalue weighted by Crippen LogP contribution is -2.64. The molecule has 0 aliphatic carbocycles. The molecule has 2 atom stereocenters. The van der Waals surface area contributed by atoms with Crippen molar-refractivity contribution in [2.75, 3.05) is 5.32 Å². The van der Waals surface area contributed by atoms with Gasteiger partial charge < -0.3 is 15.3 Å². The quantitative estimate of drug-likeness (QED) is 0.892. The number of carbonyl (C=O) groups excluding carboxylic acids is 1. The summed E-state index contributed by atoms with van der Waals surface area (Å²) in [5, 5.41) is 12.7. The van der Waals surface area contributed by atoms with Gasteiger partial charge in [0.25, 0.3) is 0 Å². The normalized spacial score (nSPS) is 25.1. The number of anilines is 1. The van der Waals surface area contributed by atoms with E-state index in [9.17, 15) is 9.90 Å². The molecule has 2 N–H and O–H groups in total. The van der Waals surface area contributed by atoms with E-state index in [4.69, 9.17) is 0 Å². The third kappa shape index (κ3) is 2.65. The van der Waals surface area contributed by atoms with Crippen molar-refractivity contribution in [2.24, 2.45) is 0 Å². The Morgan fingerprint density at radius 1 is 1.21 bits per heavy atom. The predicted molar refractivity (Wildman–Crippen MR) is 92.7 cm³/mol. The number of carbonyl (C=O) groups is 1. The molecule has 2 fully saturated rings. The van der Waals surface area contributed by atoms with Crippen molar-refractivity contribution in [1.82, 2.24) is 9.88 Å². The highest BCUT2D eigenvalue weighted by molar-refractivity contribution is 5.91. The van der Waals surface area contributed by atoms with Crippen LogP contribution in [0.25, 0.3) is 11.3 Å². The van der Waals surface area contributed by atoms with Gasteiger partial charge in [0, 0.05) is 29.5 Å². The third-order valence-corrected chi connectivity index (χ3v) is 5.08. The van der Waals surface area contributed by atoms with E-state index in [1.165, 1.54) is 0 Å². The van der Waals surface area contributed by atoms with Gasteiger partial charge in [-0.05, 0) is 56.0 Å². The van der Waals surface area contributed by atoms with Gasteiger partial charge in [-0.25, -0.2) is 4.79 Å². The molecule has 5 nitrogen and oxygen atoms in total. The number of aromatic nitrogens is 1. The van der Waals surface area contributed by atoms with Crippen molar-refractivity contribution in [3.05, 3.63) is 48.2 Å². The van der Waals surface area contributed by atoms with Crippen LogP contribution in [0.15, 0.2) is 42.6 Å². The summed E-state index contributed by atoms with van der Waals surface area (Å²) >= 11 is 0. The number of aliphatic hydroxyl groups excluding tert-OH is 1. The highest BCUT2D eigenvalue weighted by atomic mass is 16.3. The summed E-state index contributed by atoms with van der Waals surface area (Å²) in [7, 11) is 0. The Kier molecular flexibility index (Phi) is 3.73. The molecule has 0 saturated carbocycles. The molecule has 2 amide bonds. The van der Waals surface area contributed by atoms with Gasteiger partial charge in [0.15, 0.2) is 0 Å². The van der Waals surface area contributed by atoms with Gasteiger partial charge in [-0.2, -0.15) is 0 Å². The maximum absolute atomic E-state index is 12.6. The SMILES string of the molecule is Cc1ccc(NC(=O)N2C3CC(O)CC2C3)cc1-c1ccccn1. The number of piperidine rings is 1. The van der Waals surface area contributed by atoms with E-state index in [1.807, 2.05) is 48.2 Å². The topological polar surface area (TPSA) is 65.5 Å². The molecular weight excluding hydrogens is 302 g/mol. The van der Waals surface area contributed by atoms with Crippen molar-refractivity contribution < 1.29 is 9.90 Å². The average Bonchev–Trinajstić information content (AvgIpc) is 2.57. The van der Waals surface area contributed by atoms with Crippen LogP contribution < -0.4 is 5.32 Å². The number of nitrogens with zero attached hydrogens (tertiary/aromatic N) is 2. The molecule has 2 saturated heterocycles. The molecule has 2 aliphatic heterocycles. The summed E-state index contributed by atoms with van der Waals surface area (Å²) in [6.45, 7) is 2.04. The first-order chi connectivity index (χ1) is 11.6. The third-order valence-electron chi connectivity index (χ3n) is 5.08.